The van der Waals surface area contributed by atoms with Crippen LogP contribution < -0.4 is 10.0 Å². The summed E-state index contributed by atoms with van der Waals surface area (Å²) in [6.07, 6.45) is 11.4. The molecule has 0 unspecified atom stereocenters. The monoisotopic (exact) mass is 364 g/mol. The number of rotatable bonds is 9. The SMILES string of the molecule is SN[C@H](c1ccccc1)[C@H](NCCCC1=CCC=CC1)c1ccccc1. The second kappa shape index (κ2) is 10.4. The Morgan fingerprint density at radius 3 is 2.08 bits per heavy atom. The van der Waals surface area contributed by atoms with Crippen LogP contribution in [0.15, 0.2) is 84.5 Å². The Hall–Kier alpha value is -1.81. The maximum atomic E-state index is 4.44. The van der Waals surface area contributed by atoms with E-state index in [0.717, 1.165) is 25.8 Å². The first-order valence-corrected chi connectivity index (χ1v) is 9.89. The van der Waals surface area contributed by atoms with Crippen molar-refractivity contribution in [2.45, 2.75) is 37.8 Å². The van der Waals surface area contributed by atoms with Gasteiger partial charge in [-0.3, -0.25) is 4.72 Å². The first-order valence-electron chi connectivity index (χ1n) is 9.44. The van der Waals surface area contributed by atoms with Crippen LogP contribution in [0.3, 0.4) is 0 Å². The number of allylic oxidation sites excluding steroid dienone is 4. The van der Waals surface area contributed by atoms with Crippen LogP contribution >= 0.6 is 12.8 Å². The maximum Gasteiger partial charge on any atom is 0.0614 e. The molecule has 1 aliphatic carbocycles. The molecule has 0 radical (unpaired) electrons. The van der Waals surface area contributed by atoms with Crippen LogP contribution in [-0.2, 0) is 0 Å². The van der Waals surface area contributed by atoms with Crippen molar-refractivity contribution in [3.8, 4) is 0 Å². The van der Waals surface area contributed by atoms with Gasteiger partial charge in [-0.05, 0) is 43.4 Å². The van der Waals surface area contributed by atoms with Crippen molar-refractivity contribution in [1.82, 2.24) is 10.0 Å². The molecule has 136 valence electrons. The van der Waals surface area contributed by atoms with E-state index in [2.05, 4.69) is 102 Å². The highest BCUT2D eigenvalue weighted by atomic mass is 32.1. The Balaban J connectivity index is 1.66. The van der Waals surface area contributed by atoms with E-state index in [1.165, 1.54) is 17.5 Å². The summed E-state index contributed by atoms with van der Waals surface area (Å²) in [5, 5.41) is 3.77. The summed E-state index contributed by atoms with van der Waals surface area (Å²) in [6, 6.07) is 21.5. The molecule has 0 fully saturated rings. The molecule has 2 nitrogen and oxygen atoms in total. The van der Waals surface area contributed by atoms with Crippen LogP contribution in [0.2, 0.25) is 0 Å². The number of hydrogen-bond acceptors (Lipinski definition) is 3. The Morgan fingerprint density at radius 1 is 0.846 bits per heavy atom. The highest BCUT2D eigenvalue weighted by Gasteiger charge is 2.23. The molecule has 2 atom stereocenters. The van der Waals surface area contributed by atoms with Gasteiger partial charge >= 0.3 is 0 Å². The minimum absolute atomic E-state index is 0.110. The minimum atomic E-state index is 0.110. The molecule has 0 amide bonds. The normalized spacial score (nSPS) is 16.1. The van der Waals surface area contributed by atoms with E-state index >= 15 is 0 Å². The molecule has 3 heteroatoms. The van der Waals surface area contributed by atoms with Crippen molar-refractivity contribution in [3.05, 3.63) is 95.6 Å². The first-order chi connectivity index (χ1) is 12.9. The van der Waals surface area contributed by atoms with Crippen LogP contribution in [0.5, 0.6) is 0 Å². The van der Waals surface area contributed by atoms with Gasteiger partial charge in [0.1, 0.15) is 0 Å². The van der Waals surface area contributed by atoms with E-state index in [-0.39, 0.29) is 12.1 Å². The molecule has 2 aromatic carbocycles. The molecule has 3 rings (SSSR count). The summed E-state index contributed by atoms with van der Waals surface area (Å²) in [4.78, 5) is 0. The van der Waals surface area contributed by atoms with Crippen molar-refractivity contribution in [2.24, 2.45) is 0 Å². The summed E-state index contributed by atoms with van der Waals surface area (Å²) in [5.41, 5.74) is 4.09. The van der Waals surface area contributed by atoms with Crippen LogP contribution in [-0.4, -0.2) is 6.54 Å². The second-order valence-electron chi connectivity index (χ2n) is 6.74. The van der Waals surface area contributed by atoms with E-state index in [1.54, 1.807) is 5.57 Å². The molecule has 26 heavy (non-hydrogen) atoms. The molecule has 0 saturated carbocycles. The molecule has 0 saturated heterocycles. The van der Waals surface area contributed by atoms with Gasteiger partial charge in [0.05, 0.1) is 12.1 Å². The lowest BCUT2D eigenvalue weighted by molar-refractivity contribution is 0.432. The van der Waals surface area contributed by atoms with Gasteiger partial charge in [0.15, 0.2) is 0 Å². The molecule has 0 aromatic heterocycles. The first kappa shape index (κ1) is 19.0. The lowest BCUT2D eigenvalue weighted by atomic mass is 9.93. The predicted molar refractivity (Wildman–Crippen MR) is 114 cm³/mol. The van der Waals surface area contributed by atoms with E-state index < -0.39 is 0 Å². The Morgan fingerprint density at radius 2 is 1.50 bits per heavy atom. The number of nitrogens with one attached hydrogen (secondary N) is 2. The van der Waals surface area contributed by atoms with E-state index in [4.69, 9.17) is 0 Å². The predicted octanol–water partition coefficient (Wildman–Crippen LogP) is 5.55. The highest BCUT2D eigenvalue weighted by molar-refractivity contribution is 7.78. The fourth-order valence-electron chi connectivity index (χ4n) is 3.52. The third kappa shape index (κ3) is 5.34. The molecule has 0 heterocycles. The molecular weight excluding hydrogens is 336 g/mol. The van der Waals surface area contributed by atoms with Crippen molar-refractivity contribution < 1.29 is 0 Å². The second-order valence-corrected chi connectivity index (χ2v) is 7.00. The van der Waals surface area contributed by atoms with Gasteiger partial charge in [-0.25, -0.2) is 0 Å². The smallest absolute Gasteiger partial charge is 0.0614 e. The Labute approximate surface area is 163 Å². The highest BCUT2D eigenvalue weighted by Crippen LogP contribution is 2.29. The van der Waals surface area contributed by atoms with Gasteiger partial charge < -0.3 is 5.32 Å². The van der Waals surface area contributed by atoms with E-state index in [0.29, 0.717) is 0 Å². The van der Waals surface area contributed by atoms with Gasteiger partial charge in [0, 0.05) is 0 Å². The number of hydrogen-bond donors (Lipinski definition) is 3. The molecule has 0 bridgehead atoms. The van der Waals surface area contributed by atoms with Crippen molar-refractivity contribution >= 4 is 12.8 Å². The lowest BCUT2D eigenvalue weighted by Crippen LogP contribution is -2.32. The summed E-state index contributed by atoms with van der Waals surface area (Å²) >= 11 is 4.44. The molecular formula is C23H28N2S. The van der Waals surface area contributed by atoms with E-state index in [1.807, 2.05) is 0 Å². The molecule has 1 aliphatic rings. The summed E-state index contributed by atoms with van der Waals surface area (Å²) < 4.78 is 3.22. The average Bonchev–Trinajstić information content (AvgIpc) is 2.72. The summed E-state index contributed by atoms with van der Waals surface area (Å²) in [6.45, 7) is 0.986. The van der Waals surface area contributed by atoms with Crippen molar-refractivity contribution in [2.75, 3.05) is 6.54 Å². The average molecular weight is 365 g/mol. The Bertz CT molecular complexity index is 710. The molecule has 2 N–H and O–H groups in total. The van der Waals surface area contributed by atoms with Crippen LogP contribution in [0.25, 0.3) is 0 Å². The molecule has 0 spiro atoms. The molecule has 0 aliphatic heterocycles. The van der Waals surface area contributed by atoms with Gasteiger partial charge in [0.2, 0.25) is 0 Å². The maximum absolute atomic E-state index is 4.44. The van der Waals surface area contributed by atoms with Crippen LogP contribution in [0.1, 0.15) is 48.9 Å². The zero-order valence-corrected chi connectivity index (χ0v) is 16.0. The standard InChI is InChI=1S/C23H28N2S/c26-25-23(21-16-8-3-9-17-21)22(20-14-6-2-7-15-20)24-18-10-13-19-11-4-1-5-12-19/h1-4,6-9,12,14-17,22-26H,5,10-11,13,18H2/t22-,23-/m1/s1. The third-order valence-electron chi connectivity index (χ3n) is 4.92. The summed E-state index contributed by atoms with van der Waals surface area (Å²) in [5.74, 6) is 0. The van der Waals surface area contributed by atoms with Crippen LogP contribution in [0.4, 0.5) is 0 Å². The zero-order chi connectivity index (χ0) is 18.0. The molecule has 2 aromatic rings. The minimum Gasteiger partial charge on any atom is -0.308 e. The largest absolute Gasteiger partial charge is 0.308 e. The zero-order valence-electron chi connectivity index (χ0n) is 15.1. The van der Waals surface area contributed by atoms with Gasteiger partial charge in [-0.2, -0.15) is 0 Å². The Kier molecular flexibility index (Phi) is 7.56. The van der Waals surface area contributed by atoms with Crippen LogP contribution in [0, 0.1) is 0 Å². The quantitative estimate of drug-likeness (QED) is 0.309. The number of thiol groups is 1. The lowest BCUT2D eigenvalue weighted by Gasteiger charge is -2.28. The van der Waals surface area contributed by atoms with Crippen molar-refractivity contribution in [3.63, 3.8) is 0 Å². The fraction of sp³-hybridized carbons (Fsp3) is 0.304. The fourth-order valence-corrected chi connectivity index (χ4v) is 3.81. The van der Waals surface area contributed by atoms with Gasteiger partial charge in [-0.1, -0.05) is 97.3 Å². The van der Waals surface area contributed by atoms with Gasteiger partial charge in [-0.15, -0.1) is 0 Å². The van der Waals surface area contributed by atoms with Gasteiger partial charge in [0.25, 0.3) is 0 Å². The van der Waals surface area contributed by atoms with E-state index in [9.17, 15) is 0 Å². The number of benzene rings is 2. The summed E-state index contributed by atoms with van der Waals surface area (Å²) in [7, 11) is 0. The third-order valence-corrected chi connectivity index (χ3v) is 5.20. The van der Waals surface area contributed by atoms with Crippen molar-refractivity contribution in [1.29, 1.82) is 0 Å². The topological polar surface area (TPSA) is 24.1 Å².